The Morgan fingerprint density at radius 1 is 1.24 bits per heavy atom. The van der Waals surface area contributed by atoms with Crippen LogP contribution in [0.25, 0.3) is 17.4 Å². The minimum Gasteiger partial charge on any atom is -0.457 e. The molecular weight excluding hydrogens is 331 g/mol. The molecule has 4 nitrogen and oxygen atoms in total. The molecule has 0 radical (unpaired) electrons. The summed E-state index contributed by atoms with van der Waals surface area (Å²) in [5, 5.41) is 1.28. The summed E-state index contributed by atoms with van der Waals surface area (Å²) < 4.78 is 5.67. The van der Waals surface area contributed by atoms with E-state index in [1.807, 2.05) is 0 Å². The summed E-state index contributed by atoms with van der Waals surface area (Å²) in [7, 11) is 0. The first-order valence-corrected chi connectivity index (χ1v) is 7.43. The summed E-state index contributed by atoms with van der Waals surface area (Å²) >= 11 is 13.1. The molecule has 0 spiro atoms. The summed E-state index contributed by atoms with van der Waals surface area (Å²) in [5.41, 5.74) is 6.22. The fraction of sp³-hybridized carbons (Fsp3) is 0. The van der Waals surface area contributed by atoms with Gasteiger partial charge in [0.1, 0.15) is 11.5 Å². The van der Waals surface area contributed by atoms with Gasteiger partial charge in [0.2, 0.25) is 0 Å². The Morgan fingerprint density at radius 2 is 2.05 bits per heavy atom. The monoisotopic (exact) mass is 338 g/mol. The number of amidine groups is 1. The molecule has 106 valence electrons. The van der Waals surface area contributed by atoms with E-state index < -0.39 is 0 Å². The molecule has 2 heterocycles. The van der Waals surface area contributed by atoms with E-state index in [1.54, 1.807) is 36.4 Å². The molecule has 0 atom stereocenters. The molecule has 0 fully saturated rings. The van der Waals surface area contributed by atoms with Crippen LogP contribution in [0.4, 0.5) is 0 Å². The van der Waals surface area contributed by atoms with Gasteiger partial charge in [-0.15, -0.1) is 0 Å². The van der Waals surface area contributed by atoms with Crippen LogP contribution in [-0.4, -0.2) is 11.1 Å². The van der Waals surface area contributed by atoms with E-state index in [-0.39, 0.29) is 11.1 Å². The van der Waals surface area contributed by atoms with Gasteiger partial charge in [-0.2, -0.15) is 4.99 Å². The minimum absolute atomic E-state index is 0.235. The van der Waals surface area contributed by atoms with Crippen molar-refractivity contribution in [1.82, 2.24) is 0 Å². The quantitative estimate of drug-likeness (QED) is 0.834. The molecule has 1 aliphatic heterocycles. The van der Waals surface area contributed by atoms with Gasteiger partial charge >= 0.3 is 0 Å². The highest BCUT2D eigenvalue weighted by molar-refractivity contribution is 8.18. The van der Waals surface area contributed by atoms with E-state index in [2.05, 4.69) is 4.99 Å². The van der Waals surface area contributed by atoms with Gasteiger partial charge in [-0.05, 0) is 42.1 Å². The van der Waals surface area contributed by atoms with Crippen molar-refractivity contribution in [3.8, 4) is 11.3 Å². The number of thioether (sulfide) groups is 1. The van der Waals surface area contributed by atoms with Gasteiger partial charge in [-0.3, -0.25) is 4.79 Å². The Hall–Kier alpha value is -1.69. The van der Waals surface area contributed by atoms with Crippen LogP contribution in [0, 0.1) is 0 Å². The molecular formula is C14H8Cl2N2O2S. The number of furan rings is 1. The second kappa shape index (κ2) is 5.60. The Labute approximate surface area is 134 Å². The Kier molecular flexibility index (Phi) is 3.80. The molecule has 2 N–H and O–H groups in total. The van der Waals surface area contributed by atoms with Gasteiger partial charge < -0.3 is 10.2 Å². The van der Waals surface area contributed by atoms with Crippen molar-refractivity contribution in [3.63, 3.8) is 0 Å². The highest BCUT2D eigenvalue weighted by atomic mass is 35.5. The van der Waals surface area contributed by atoms with Gasteiger partial charge in [0.15, 0.2) is 5.17 Å². The van der Waals surface area contributed by atoms with Crippen molar-refractivity contribution in [3.05, 3.63) is 51.0 Å². The Bertz CT molecular complexity index is 796. The van der Waals surface area contributed by atoms with Gasteiger partial charge in [-0.1, -0.05) is 23.2 Å². The number of rotatable bonds is 2. The minimum atomic E-state index is -0.361. The fourth-order valence-corrected chi connectivity index (χ4v) is 2.98. The third-order valence-electron chi connectivity index (χ3n) is 2.73. The van der Waals surface area contributed by atoms with Crippen molar-refractivity contribution >= 4 is 52.1 Å². The number of carbonyl (C=O) groups is 1. The lowest BCUT2D eigenvalue weighted by molar-refractivity contribution is -0.113. The third-order valence-corrected chi connectivity index (χ3v) is 4.09. The molecule has 7 heteroatoms. The number of nitrogens with zero attached hydrogens (tertiary/aromatic N) is 1. The van der Waals surface area contributed by atoms with Gasteiger partial charge in [0.05, 0.1) is 9.93 Å². The van der Waals surface area contributed by atoms with Crippen LogP contribution in [0.5, 0.6) is 0 Å². The highest BCUT2D eigenvalue weighted by Gasteiger charge is 2.20. The lowest BCUT2D eigenvalue weighted by Gasteiger charge is -2.00. The molecule has 3 rings (SSSR count). The number of hydrogen-bond acceptors (Lipinski definition) is 4. The van der Waals surface area contributed by atoms with Crippen LogP contribution in [0.3, 0.4) is 0 Å². The topological polar surface area (TPSA) is 68.6 Å². The molecule has 2 aromatic rings. The summed E-state index contributed by atoms with van der Waals surface area (Å²) in [6.45, 7) is 0. The normalized spacial score (nSPS) is 16.6. The molecule has 0 aliphatic carbocycles. The first-order valence-electron chi connectivity index (χ1n) is 5.86. The number of hydrogen-bond donors (Lipinski definition) is 1. The van der Waals surface area contributed by atoms with Gasteiger partial charge in [0.25, 0.3) is 5.91 Å². The molecule has 1 aliphatic rings. The molecule has 0 saturated heterocycles. The highest BCUT2D eigenvalue weighted by Crippen LogP contribution is 2.33. The van der Waals surface area contributed by atoms with Crippen LogP contribution < -0.4 is 5.73 Å². The number of nitrogens with two attached hydrogens (primary N) is 1. The summed E-state index contributed by atoms with van der Waals surface area (Å²) in [6.07, 6.45) is 1.60. The predicted octanol–water partition coefficient (Wildman–Crippen LogP) is 4.18. The molecule has 1 aromatic carbocycles. The van der Waals surface area contributed by atoms with E-state index in [4.69, 9.17) is 33.4 Å². The predicted molar refractivity (Wildman–Crippen MR) is 86.4 cm³/mol. The average molecular weight is 339 g/mol. The summed E-state index contributed by atoms with van der Waals surface area (Å²) in [4.78, 5) is 15.6. The van der Waals surface area contributed by atoms with E-state index in [0.29, 0.717) is 26.5 Å². The Balaban J connectivity index is 1.91. The Morgan fingerprint density at radius 3 is 2.71 bits per heavy atom. The van der Waals surface area contributed by atoms with Crippen molar-refractivity contribution in [2.24, 2.45) is 10.7 Å². The van der Waals surface area contributed by atoms with Crippen LogP contribution in [0.15, 0.2) is 44.6 Å². The standard InChI is InChI=1S/C14H8Cl2N2O2S/c15-7-1-3-9(10(16)5-7)11-4-2-8(20-11)6-12-13(19)18-14(17)21-12/h1-6H,(H2,17,18,19). The fourth-order valence-electron chi connectivity index (χ4n) is 1.82. The van der Waals surface area contributed by atoms with Crippen LogP contribution in [0.1, 0.15) is 5.76 Å². The van der Waals surface area contributed by atoms with Crippen LogP contribution in [-0.2, 0) is 4.79 Å². The molecule has 21 heavy (non-hydrogen) atoms. The number of amides is 1. The maximum Gasteiger partial charge on any atom is 0.286 e. The number of aliphatic imine (C=N–C) groups is 1. The zero-order chi connectivity index (χ0) is 15.0. The largest absolute Gasteiger partial charge is 0.457 e. The smallest absolute Gasteiger partial charge is 0.286 e. The molecule has 0 saturated carbocycles. The number of halogens is 2. The van der Waals surface area contributed by atoms with Gasteiger partial charge in [0, 0.05) is 16.7 Å². The van der Waals surface area contributed by atoms with Crippen molar-refractivity contribution in [1.29, 1.82) is 0 Å². The summed E-state index contributed by atoms with van der Waals surface area (Å²) in [5.74, 6) is 0.754. The number of benzene rings is 1. The molecule has 0 bridgehead atoms. The maximum atomic E-state index is 11.5. The second-order valence-corrected chi connectivity index (χ2v) is 6.10. The van der Waals surface area contributed by atoms with Crippen molar-refractivity contribution in [2.45, 2.75) is 0 Å². The first-order chi connectivity index (χ1) is 10.0. The lowest BCUT2D eigenvalue weighted by Crippen LogP contribution is -2.01. The average Bonchev–Trinajstić information content (AvgIpc) is 2.97. The maximum absolute atomic E-state index is 11.5. The summed E-state index contributed by atoms with van der Waals surface area (Å²) in [6, 6.07) is 8.67. The van der Waals surface area contributed by atoms with Crippen LogP contribution >= 0.6 is 35.0 Å². The second-order valence-electron chi connectivity index (χ2n) is 4.19. The van der Waals surface area contributed by atoms with Crippen LogP contribution in [0.2, 0.25) is 10.0 Å². The number of carbonyl (C=O) groups excluding carboxylic acids is 1. The zero-order valence-electron chi connectivity index (χ0n) is 10.5. The first kappa shape index (κ1) is 14.3. The third kappa shape index (κ3) is 3.00. The molecule has 0 unspecified atom stereocenters. The van der Waals surface area contributed by atoms with E-state index in [9.17, 15) is 4.79 Å². The lowest BCUT2D eigenvalue weighted by atomic mass is 10.2. The molecule has 1 amide bonds. The molecule has 1 aromatic heterocycles. The van der Waals surface area contributed by atoms with Crippen molar-refractivity contribution in [2.75, 3.05) is 0 Å². The van der Waals surface area contributed by atoms with E-state index >= 15 is 0 Å². The SMILES string of the molecule is NC1=NC(=O)C(=Cc2ccc(-c3ccc(Cl)cc3Cl)o2)S1. The van der Waals surface area contributed by atoms with E-state index in [0.717, 1.165) is 17.3 Å². The van der Waals surface area contributed by atoms with Gasteiger partial charge in [-0.25, -0.2) is 0 Å². The zero-order valence-corrected chi connectivity index (χ0v) is 12.8. The van der Waals surface area contributed by atoms with E-state index in [1.165, 1.54) is 0 Å². The van der Waals surface area contributed by atoms with Crippen molar-refractivity contribution < 1.29 is 9.21 Å².